The number of benzene rings is 1. The molecule has 1 fully saturated rings. The van der Waals surface area contributed by atoms with Crippen molar-refractivity contribution in [3.63, 3.8) is 0 Å². The zero-order valence-corrected chi connectivity index (χ0v) is 15.4. The van der Waals surface area contributed by atoms with Gasteiger partial charge in [-0.2, -0.15) is 0 Å². The molecule has 3 rings (SSSR count). The normalized spacial score (nSPS) is 19.5. The van der Waals surface area contributed by atoms with Gasteiger partial charge in [-0.15, -0.1) is 17.5 Å². The molecule has 2 heterocycles. The molecule has 2 aromatic rings. The van der Waals surface area contributed by atoms with Crippen LogP contribution in [-0.2, 0) is 4.79 Å². The maximum atomic E-state index is 12.1. The number of para-hydroxylation sites is 1. The second-order valence-corrected chi connectivity index (χ2v) is 6.30. The van der Waals surface area contributed by atoms with Crippen molar-refractivity contribution in [2.75, 3.05) is 13.7 Å². The summed E-state index contributed by atoms with van der Waals surface area (Å²) in [7, 11) is 1.64. The number of ether oxygens (including phenoxy) is 1. The van der Waals surface area contributed by atoms with E-state index in [9.17, 15) is 4.79 Å². The number of halogens is 1. The van der Waals surface area contributed by atoms with E-state index < -0.39 is 0 Å². The average Bonchev–Trinajstić information content (AvgIpc) is 3.23. The molecule has 25 heavy (non-hydrogen) atoms. The van der Waals surface area contributed by atoms with Crippen molar-refractivity contribution in [2.45, 2.75) is 38.4 Å². The molecule has 1 saturated heterocycles. The molecular weight excluding hydrogens is 342 g/mol. The minimum absolute atomic E-state index is 0. The SMILES string of the molecule is COc1ccccc1-c1cn([C@H]2CN[C@H](C(=O)NC(C)C)C2)nn1.Cl. The number of aromatic nitrogens is 3. The van der Waals surface area contributed by atoms with Crippen LogP contribution in [0.5, 0.6) is 5.75 Å². The molecule has 0 saturated carbocycles. The number of amides is 1. The predicted octanol–water partition coefficient (Wildman–Crippen LogP) is 1.80. The summed E-state index contributed by atoms with van der Waals surface area (Å²) in [5.74, 6) is 0.806. The van der Waals surface area contributed by atoms with E-state index in [1.165, 1.54) is 0 Å². The Morgan fingerprint density at radius 1 is 1.40 bits per heavy atom. The molecule has 7 nitrogen and oxygen atoms in total. The van der Waals surface area contributed by atoms with Gasteiger partial charge >= 0.3 is 0 Å². The number of rotatable bonds is 5. The first kappa shape index (κ1) is 19.2. The van der Waals surface area contributed by atoms with Crippen molar-refractivity contribution in [2.24, 2.45) is 0 Å². The summed E-state index contributed by atoms with van der Waals surface area (Å²) in [5, 5.41) is 14.7. The number of carbonyl (C=O) groups excluding carboxylic acids is 1. The van der Waals surface area contributed by atoms with Gasteiger partial charge in [-0.25, -0.2) is 4.68 Å². The van der Waals surface area contributed by atoms with Gasteiger partial charge in [0.15, 0.2) is 0 Å². The van der Waals surface area contributed by atoms with E-state index in [1.54, 1.807) is 7.11 Å². The minimum Gasteiger partial charge on any atom is -0.496 e. The Labute approximate surface area is 153 Å². The molecule has 1 aromatic carbocycles. The Bertz CT molecular complexity index is 719. The summed E-state index contributed by atoms with van der Waals surface area (Å²) < 4.78 is 7.21. The highest BCUT2D eigenvalue weighted by Gasteiger charge is 2.31. The fourth-order valence-electron chi connectivity index (χ4n) is 2.94. The summed E-state index contributed by atoms with van der Waals surface area (Å²) in [6, 6.07) is 7.80. The number of carbonyl (C=O) groups is 1. The molecule has 1 amide bonds. The van der Waals surface area contributed by atoms with Crippen LogP contribution in [0.15, 0.2) is 30.5 Å². The quantitative estimate of drug-likeness (QED) is 0.844. The lowest BCUT2D eigenvalue weighted by Gasteiger charge is -2.13. The van der Waals surface area contributed by atoms with Crippen molar-refractivity contribution in [1.29, 1.82) is 0 Å². The van der Waals surface area contributed by atoms with E-state index in [0.717, 1.165) is 17.0 Å². The lowest BCUT2D eigenvalue weighted by atomic mass is 10.1. The molecule has 1 aliphatic heterocycles. The monoisotopic (exact) mass is 365 g/mol. The topological polar surface area (TPSA) is 81.1 Å². The van der Waals surface area contributed by atoms with Crippen LogP contribution in [0.25, 0.3) is 11.3 Å². The van der Waals surface area contributed by atoms with Crippen LogP contribution in [0.4, 0.5) is 0 Å². The van der Waals surface area contributed by atoms with Gasteiger partial charge in [0.2, 0.25) is 5.91 Å². The van der Waals surface area contributed by atoms with Gasteiger partial charge in [-0.3, -0.25) is 4.79 Å². The molecular formula is C17H24ClN5O2. The van der Waals surface area contributed by atoms with E-state index in [0.29, 0.717) is 13.0 Å². The minimum atomic E-state index is -0.184. The average molecular weight is 366 g/mol. The number of nitrogens with zero attached hydrogens (tertiary/aromatic N) is 3. The summed E-state index contributed by atoms with van der Waals surface area (Å²) in [6.45, 7) is 4.62. The molecule has 136 valence electrons. The van der Waals surface area contributed by atoms with E-state index in [4.69, 9.17) is 4.74 Å². The highest BCUT2D eigenvalue weighted by atomic mass is 35.5. The molecule has 0 spiro atoms. The van der Waals surface area contributed by atoms with Crippen LogP contribution in [0, 0.1) is 0 Å². The third-order valence-corrected chi connectivity index (χ3v) is 4.12. The van der Waals surface area contributed by atoms with Gasteiger partial charge in [-0.05, 0) is 32.4 Å². The predicted molar refractivity (Wildman–Crippen MR) is 98.0 cm³/mol. The molecule has 0 aliphatic carbocycles. The summed E-state index contributed by atoms with van der Waals surface area (Å²) in [6.07, 6.45) is 2.61. The highest BCUT2D eigenvalue weighted by Crippen LogP contribution is 2.29. The molecule has 0 radical (unpaired) electrons. The summed E-state index contributed by atoms with van der Waals surface area (Å²) >= 11 is 0. The van der Waals surface area contributed by atoms with Crippen molar-refractivity contribution in [3.05, 3.63) is 30.5 Å². The molecule has 2 atom stereocenters. The van der Waals surface area contributed by atoms with E-state index in [1.807, 2.05) is 49.0 Å². The number of methoxy groups -OCH3 is 1. The second-order valence-electron chi connectivity index (χ2n) is 6.30. The molecule has 0 unspecified atom stereocenters. The lowest BCUT2D eigenvalue weighted by Crippen LogP contribution is -2.43. The Morgan fingerprint density at radius 3 is 2.88 bits per heavy atom. The van der Waals surface area contributed by atoms with Crippen LogP contribution in [0.1, 0.15) is 26.3 Å². The van der Waals surface area contributed by atoms with Crippen molar-refractivity contribution in [1.82, 2.24) is 25.6 Å². The smallest absolute Gasteiger partial charge is 0.237 e. The number of hydrogen-bond acceptors (Lipinski definition) is 5. The molecule has 1 aliphatic rings. The van der Waals surface area contributed by atoms with E-state index >= 15 is 0 Å². The first-order chi connectivity index (χ1) is 11.6. The van der Waals surface area contributed by atoms with Gasteiger partial charge < -0.3 is 15.4 Å². The van der Waals surface area contributed by atoms with Gasteiger partial charge in [-0.1, -0.05) is 17.3 Å². The maximum Gasteiger partial charge on any atom is 0.237 e. The number of hydrogen-bond donors (Lipinski definition) is 2. The van der Waals surface area contributed by atoms with E-state index in [-0.39, 0.29) is 36.4 Å². The summed E-state index contributed by atoms with van der Waals surface area (Å²) in [5.41, 5.74) is 1.67. The Kier molecular flexibility index (Phi) is 6.39. The lowest BCUT2D eigenvalue weighted by molar-refractivity contribution is -0.123. The highest BCUT2D eigenvalue weighted by molar-refractivity contribution is 5.85. The van der Waals surface area contributed by atoms with Gasteiger partial charge in [0.1, 0.15) is 11.4 Å². The van der Waals surface area contributed by atoms with Crippen molar-refractivity contribution in [3.8, 4) is 17.0 Å². The van der Waals surface area contributed by atoms with E-state index in [2.05, 4.69) is 20.9 Å². The first-order valence-corrected chi connectivity index (χ1v) is 8.17. The zero-order valence-electron chi connectivity index (χ0n) is 14.6. The van der Waals surface area contributed by atoms with Gasteiger partial charge in [0, 0.05) is 18.2 Å². The fraction of sp³-hybridized carbons (Fsp3) is 0.471. The van der Waals surface area contributed by atoms with Crippen LogP contribution in [-0.4, -0.2) is 46.6 Å². The fourth-order valence-corrected chi connectivity index (χ4v) is 2.94. The third kappa shape index (κ3) is 4.29. The van der Waals surface area contributed by atoms with Crippen LogP contribution in [0.3, 0.4) is 0 Å². The first-order valence-electron chi connectivity index (χ1n) is 8.17. The van der Waals surface area contributed by atoms with Gasteiger partial charge in [0.25, 0.3) is 0 Å². The van der Waals surface area contributed by atoms with Crippen LogP contribution >= 0.6 is 12.4 Å². The standard InChI is InChI=1S/C17H23N5O2.ClH/c1-11(2)19-17(23)14-8-12(9-18-14)22-10-15(20-21-22)13-6-4-5-7-16(13)24-3;/h4-7,10-12,14,18H,8-9H2,1-3H3,(H,19,23);1H/t12-,14+;/m1./s1. The Balaban J connectivity index is 0.00000225. The van der Waals surface area contributed by atoms with Crippen molar-refractivity contribution < 1.29 is 9.53 Å². The zero-order chi connectivity index (χ0) is 17.1. The van der Waals surface area contributed by atoms with Crippen LogP contribution in [0.2, 0.25) is 0 Å². The molecule has 8 heteroatoms. The largest absolute Gasteiger partial charge is 0.496 e. The van der Waals surface area contributed by atoms with Crippen LogP contribution < -0.4 is 15.4 Å². The second kappa shape index (κ2) is 8.31. The van der Waals surface area contributed by atoms with Gasteiger partial charge in [0.05, 0.1) is 25.4 Å². The molecule has 0 bridgehead atoms. The molecule has 2 N–H and O–H groups in total. The summed E-state index contributed by atoms with van der Waals surface area (Å²) in [4.78, 5) is 12.1. The maximum absolute atomic E-state index is 12.1. The Hall–Kier alpha value is -2.12. The molecule has 1 aromatic heterocycles. The Morgan fingerprint density at radius 2 is 2.16 bits per heavy atom. The third-order valence-electron chi connectivity index (χ3n) is 4.12. The number of nitrogens with one attached hydrogen (secondary N) is 2. The van der Waals surface area contributed by atoms with Crippen molar-refractivity contribution >= 4 is 18.3 Å².